The number of rotatable bonds is 7. The molecule has 100 valence electrons. The van der Waals surface area contributed by atoms with Crippen LogP contribution in [-0.4, -0.2) is 25.7 Å². The van der Waals surface area contributed by atoms with Gasteiger partial charge in [-0.25, -0.2) is 4.39 Å². The number of hydrogen-bond acceptors (Lipinski definition) is 2. The van der Waals surface area contributed by atoms with Gasteiger partial charge in [0.05, 0.1) is 5.56 Å². The first-order chi connectivity index (χ1) is 8.65. The molecule has 1 amide bonds. The lowest BCUT2D eigenvalue weighted by Crippen LogP contribution is -2.26. The molecule has 0 bridgehead atoms. The average molecular weight is 253 g/mol. The molecule has 0 aromatic heterocycles. The van der Waals surface area contributed by atoms with E-state index in [0.717, 1.165) is 25.0 Å². The first-order valence-corrected chi connectivity index (χ1v) is 6.27. The Morgan fingerprint density at radius 3 is 2.83 bits per heavy atom. The minimum absolute atomic E-state index is 0.0927. The number of ether oxygens (including phenoxy) is 1. The van der Waals surface area contributed by atoms with Crippen molar-refractivity contribution < 1.29 is 13.9 Å². The van der Waals surface area contributed by atoms with Crippen LogP contribution in [0.3, 0.4) is 0 Å². The molecule has 0 unspecified atom stereocenters. The van der Waals surface area contributed by atoms with Gasteiger partial charge >= 0.3 is 0 Å². The second kappa shape index (κ2) is 7.82. The Morgan fingerprint density at radius 2 is 2.17 bits per heavy atom. The highest BCUT2D eigenvalue weighted by molar-refractivity contribution is 5.94. The van der Waals surface area contributed by atoms with Gasteiger partial charge in [-0.2, -0.15) is 0 Å². The van der Waals surface area contributed by atoms with Crippen molar-refractivity contribution in [2.24, 2.45) is 0 Å². The monoisotopic (exact) mass is 253 g/mol. The molecule has 4 heteroatoms. The Hall–Kier alpha value is -1.42. The third kappa shape index (κ3) is 4.84. The predicted molar refractivity (Wildman–Crippen MR) is 69.2 cm³/mol. The van der Waals surface area contributed by atoms with Gasteiger partial charge < -0.3 is 10.1 Å². The van der Waals surface area contributed by atoms with Crippen LogP contribution in [0.15, 0.2) is 18.2 Å². The summed E-state index contributed by atoms with van der Waals surface area (Å²) in [6.45, 7) is 5.68. The van der Waals surface area contributed by atoms with E-state index in [9.17, 15) is 9.18 Å². The fraction of sp³-hybridized carbons (Fsp3) is 0.500. The molecule has 1 N–H and O–H groups in total. The zero-order valence-electron chi connectivity index (χ0n) is 11.0. The van der Waals surface area contributed by atoms with Gasteiger partial charge in [0, 0.05) is 19.8 Å². The van der Waals surface area contributed by atoms with E-state index in [4.69, 9.17) is 4.74 Å². The Kier molecular flexibility index (Phi) is 6.36. The fourth-order valence-electron chi connectivity index (χ4n) is 1.52. The van der Waals surface area contributed by atoms with Crippen LogP contribution in [-0.2, 0) is 4.74 Å². The molecule has 0 spiro atoms. The molecule has 0 aliphatic carbocycles. The average Bonchev–Trinajstić information content (AvgIpc) is 2.33. The van der Waals surface area contributed by atoms with E-state index in [0.29, 0.717) is 13.2 Å². The predicted octanol–water partition coefficient (Wildman–Crippen LogP) is 2.68. The number of carbonyl (C=O) groups excluding carboxylic acids is 1. The number of aryl methyl sites for hydroxylation is 1. The third-order valence-electron chi connectivity index (χ3n) is 2.47. The van der Waals surface area contributed by atoms with E-state index in [1.807, 2.05) is 6.92 Å². The van der Waals surface area contributed by atoms with Crippen LogP contribution in [0.4, 0.5) is 4.39 Å². The van der Waals surface area contributed by atoms with Crippen LogP contribution in [0.2, 0.25) is 0 Å². The Balaban J connectivity index is 2.32. The van der Waals surface area contributed by atoms with Crippen molar-refractivity contribution in [1.29, 1.82) is 0 Å². The van der Waals surface area contributed by atoms with Gasteiger partial charge in [-0.1, -0.05) is 13.0 Å². The standard InChI is InChI=1S/C14H20FNO2/c1-3-8-18-9-4-7-16-14(17)12-6-5-11(2)10-13(12)15/h5-6,10H,3-4,7-9H2,1-2H3,(H,16,17). The summed E-state index contributed by atoms with van der Waals surface area (Å²) in [5.74, 6) is -0.849. The number of amides is 1. The first kappa shape index (κ1) is 14.6. The smallest absolute Gasteiger partial charge is 0.254 e. The molecule has 1 rings (SSSR count). The number of nitrogens with one attached hydrogen (secondary N) is 1. The molecule has 3 nitrogen and oxygen atoms in total. The number of carbonyl (C=O) groups is 1. The van der Waals surface area contributed by atoms with Gasteiger partial charge in [0.2, 0.25) is 0 Å². The van der Waals surface area contributed by atoms with E-state index in [1.54, 1.807) is 13.0 Å². The molecule has 18 heavy (non-hydrogen) atoms. The van der Waals surface area contributed by atoms with Crippen molar-refractivity contribution in [2.75, 3.05) is 19.8 Å². The maximum absolute atomic E-state index is 13.5. The van der Waals surface area contributed by atoms with Crippen molar-refractivity contribution in [3.05, 3.63) is 35.1 Å². The summed E-state index contributed by atoms with van der Waals surface area (Å²) in [5, 5.41) is 2.68. The van der Waals surface area contributed by atoms with Crippen LogP contribution in [0.25, 0.3) is 0 Å². The third-order valence-corrected chi connectivity index (χ3v) is 2.47. The molecular weight excluding hydrogens is 233 g/mol. The lowest BCUT2D eigenvalue weighted by atomic mass is 10.1. The zero-order valence-corrected chi connectivity index (χ0v) is 11.0. The van der Waals surface area contributed by atoms with E-state index < -0.39 is 5.82 Å². The van der Waals surface area contributed by atoms with Gasteiger partial charge in [-0.05, 0) is 37.5 Å². The molecule has 0 saturated heterocycles. The summed E-state index contributed by atoms with van der Waals surface area (Å²) in [4.78, 5) is 11.7. The van der Waals surface area contributed by atoms with Crippen molar-refractivity contribution in [1.82, 2.24) is 5.32 Å². The van der Waals surface area contributed by atoms with Crippen LogP contribution >= 0.6 is 0 Å². The van der Waals surface area contributed by atoms with E-state index >= 15 is 0 Å². The highest BCUT2D eigenvalue weighted by Crippen LogP contribution is 2.09. The topological polar surface area (TPSA) is 38.3 Å². The van der Waals surface area contributed by atoms with Crippen LogP contribution < -0.4 is 5.32 Å². The summed E-state index contributed by atoms with van der Waals surface area (Å²) in [7, 11) is 0. The second-order valence-electron chi connectivity index (χ2n) is 4.21. The molecule has 0 radical (unpaired) electrons. The van der Waals surface area contributed by atoms with E-state index in [1.165, 1.54) is 12.1 Å². The zero-order chi connectivity index (χ0) is 13.4. The maximum Gasteiger partial charge on any atom is 0.254 e. The first-order valence-electron chi connectivity index (χ1n) is 6.27. The molecule has 0 heterocycles. The van der Waals surface area contributed by atoms with Gasteiger partial charge in [-0.3, -0.25) is 4.79 Å². The molecule has 0 saturated carbocycles. The van der Waals surface area contributed by atoms with Gasteiger partial charge in [0.1, 0.15) is 5.82 Å². The van der Waals surface area contributed by atoms with Gasteiger partial charge in [0.25, 0.3) is 5.91 Å². The Labute approximate surface area is 107 Å². The fourth-order valence-corrected chi connectivity index (χ4v) is 1.52. The lowest BCUT2D eigenvalue weighted by molar-refractivity contribution is 0.0937. The summed E-state index contributed by atoms with van der Waals surface area (Å²) < 4.78 is 18.8. The normalized spacial score (nSPS) is 10.4. The van der Waals surface area contributed by atoms with Crippen LogP contribution in [0, 0.1) is 12.7 Å². The molecular formula is C14H20FNO2. The minimum Gasteiger partial charge on any atom is -0.381 e. The highest BCUT2D eigenvalue weighted by Gasteiger charge is 2.10. The number of hydrogen-bond donors (Lipinski definition) is 1. The molecule has 0 aliphatic heterocycles. The highest BCUT2D eigenvalue weighted by atomic mass is 19.1. The Bertz CT molecular complexity index is 393. The Morgan fingerprint density at radius 1 is 1.39 bits per heavy atom. The molecule has 0 fully saturated rings. The van der Waals surface area contributed by atoms with Gasteiger partial charge in [0.15, 0.2) is 0 Å². The van der Waals surface area contributed by atoms with Crippen molar-refractivity contribution in [2.45, 2.75) is 26.7 Å². The number of benzene rings is 1. The van der Waals surface area contributed by atoms with Crippen molar-refractivity contribution in [3.8, 4) is 0 Å². The van der Waals surface area contributed by atoms with Crippen LogP contribution in [0.1, 0.15) is 35.7 Å². The lowest BCUT2D eigenvalue weighted by Gasteiger charge is -2.07. The minimum atomic E-state index is -0.477. The summed E-state index contributed by atoms with van der Waals surface area (Å²) in [6, 6.07) is 4.59. The SMILES string of the molecule is CCCOCCCNC(=O)c1ccc(C)cc1F. The summed E-state index contributed by atoms with van der Waals surface area (Å²) in [6.07, 6.45) is 1.72. The van der Waals surface area contributed by atoms with Crippen molar-refractivity contribution >= 4 is 5.91 Å². The van der Waals surface area contributed by atoms with E-state index in [2.05, 4.69) is 5.32 Å². The molecule has 0 aliphatic rings. The summed E-state index contributed by atoms with van der Waals surface area (Å²) >= 11 is 0. The molecule has 0 atom stereocenters. The molecule has 1 aromatic rings. The van der Waals surface area contributed by atoms with E-state index in [-0.39, 0.29) is 11.5 Å². The van der Waals surface area contributed by atoms with Crippen molar-refractivity contribution in [3.63, 3.8) is 0 Å². The second-order valence-corrected chi connectivity index (χ2v) is 4.21. The number of halogens is 1. The van der Waals surface area contributed by atoms with Gasteiger partial charge in [-0.15, -0.1) is 0 Å². The van der Waals surface area contributed by atoms with Crippen LogP contribution in [0.5, 0.6) is 0 Å². The largest absolute Gasteiger partial charge is 0.381 e. The quantitative estimate of drug-likeness (QED) is 0.759. The maximum atomic E-state index is 13.5. The molecule has 1 aromatic carbocycles. The summed E-state index contributed by atoms with van der Waals surface area (Å²) in [5.41, 5.74) is 0.895.